The Bertz CT molecular complexity index is 711. The molecular weight excluding hydrogens is 265 g/mol. The van der Waals surface area contributed by atoms with Crippen molar-refractivity contribution in [1.29, 1.82) is 0 Å². The standard InChI is InChI=1S/C15H11F3N2/c16-15(17,18)12-5-3-4-11(8-12)9-13-10-20-7-2-1-6-14(20)19-13/h1-8,10H,9H2. The molecule has 0 saturated heterocycles. The van der Waals surface area contributed by atoms with Crippen LogP contribution < -0.4 is 0 Å². The molecule has 5 heteroatoms. The number of fused-ring (bicyclic) bond motifs is 1. The van der Waals surface area contributed by atoms with Crippen molar-refractivity contribution < 1.29 is 13.2 Å². The average molecular weight is 276 g/mol. The molecule has 0 N–H and O–H groups in total. The van der Waals surface area contributed by atoms with Gasteiger partial charge in [0.25, 0.3) is 0 Å². The van der Waals surface area contributed by atoms with Crippen LogP contribution >= 0.6 is 0 Å². The van der Waals surface area contributed by atoms with E-state index in [9.17, 15) is 13.2 Å². The van der Waals surface area contributed by atoms with Gasteiger partial charge in [0.1, 0.15) is 5.65 Å². The molecule has 3 rings (SSSR count). The first-order valence-electron chi connectivity index (χ1n) is 6.11. The summed E-state index contributed by atoms with van der Waals surface area (Å²) >= 11 is 0. The molecule has 0 aliphatic rings. The molecule has 0 spiro atoms. The van der Waals surface area contributed by atoms with Gasteiger partial charge in [-0.15, -0.1) is 0 Å². The van der Waals surface area contributed by atoms with Crippen LogP contribution in [-0.2, 0) is 12.6 Å². The number of rotatable bonds is 2. The van der Waals surface area contributed by atoms with Crippen molar-refractivity contribution in [2.45, 2.75) is 12.6 Å². The third kappa shape index (κ3) is 2.52. The van der Waals surface area contributed by atoms with Gasteiger partial charge in [-0.05, 0) is 23.8 Å². The highest BCUT2D eigenvalue weighted by atomic mass is 19.4. The Morgan fingerprint density at radius 3 is 2.65 bits per heavy atom. The zero-order valence-electron chi connectivity index (χ0n) is 10.4. The normalized spacial score (nSPS) is 11.9. The molecule has 0 saturated carbocycles. The van der Waals surface area contributed by atoms with Gasteiger partial charge in [0.05, 0.1) is 11.3 Å². The van der Waals surface area contributed by atoms with Gasteiger partial charge in [-0.1, -0.05) is 24.3 Å². The fourth-order valence-corrected chi connectivity index (χ4v) is 2.14. The van der Waals surface area contributed by atoms with Gasteiger partial charge in [0.15, 0.2) is 0 Å². The molecule has 0 atom stereocenters. The maximum atomic E-state index is 12.7. The average Bonchev–Trinajstić information content (AvgIpc) is 2.80. The number of halogens is 3. The molecule has 0 bridgehead atoms. The molecule has 3 aromatic rings. The molecule has 1 aromatic carbocycles. The van der Waals surface area contributed by atoms with Crippen LogP contribution in [0.15, 0.2) is 54.9 Å². The summed E-state index contributed by atoms with van der Waals surface area (Å²) in [4.78, 5) is 4.38. The Kier molecular flexibility index (Phi) is 2.97. The van der Waals surface area contributed by atoms with Crippen molar-refractivity contribution in [2.75, 3.05) is 0 Å². The molecule has 0 aliphatic carbocycles. The number of pyridine rings is 1. The summed E-state index contributed by atoms with van der Waals surface area (Å²) in [5.41, 5.74) is 1.51. The smallest absolute Gasteiger partial charge is 0.307 e. The molecule has 102 valence electrons. The first-order chi connectivity index (χ1) is 9.52. The minimum atomic E-state index is -4.31. The Morgan fingerprint density at radius 1 is 1.05 bits per heavy atom. The van der Waals surface area contributed by atoms with Crippen molar-refractivity contribution in [1.82, 2.24) is 9.38 Å². The molecule has 0 aliphatic heterocycles. The lowest BCUT2D eigenvalue weighted by atomic mass is 10.1. The molecule has 0 fully saturated rings. The molecule has 2 nitrogen and oxygen atoms in total. The van der Waals surface area contributed by atoms with Gasteiger partial charge < -0.3 is 4.40 Å². The van der Waals surface area contributed by atoms with Crippen LogP contribution in [0.5, 0.6) is 0 Å². The third-order valence-electron chi connectivity index (χ3n) is 3.05. The molecule has 0 radical (unpaired) electrons. The SMILES string of the molecule is FC(F)(F)c1cccc(Cc2cn3ccccc3n2)c1. The number of alkyl halides is 3. The number of nitrogens with zero attached hydrogens (tertiary/aromatic N) is 2. The van der Waals surface area contributed by atoms with Gasteiger partial charge in [0, 0.05) is 18.8 Å². The van der Waals surface area contributed by atoms with Crippen molar-refractivity contribution in [3.8, 4) is 0 Å². The summed E-state index contributed by atoms with van der Waals surface area (Å²) in [6.07, 6.45) is -0.242. The van der Waals surface area contributed by atoms with E-state index < -0.39 is 11.7 Å². The number of hydrogen-bond donors (Lipinski definition) is 0. The van der Waals surface area contributed by atoms with Crippen LogP contribution in [0.4, 0.5) is 13.2 Å². The van der Waals surface area contributed by atoms with E-state index in [1.165, 1.54) is 12.1 Å². The highest BCUT2D eigenvalue weighted by Gasteiger charge is 2.30. The second-order valence-electron chi connectivity index (χ2n) is 4.57. The minimum Gasteiger partial charge on any atom is -0.307 e. The summed E-state index contributed by atoms with van der Waals surface area (Å²) in [5, 5.41) is 0. The van der Waals surface area contributed by atoms with E-state index in [0.29, 0.717) is 12.0 Å². The van der Waals surface area contributed by atoms with E-state index in [1.54, 1.807) is 6.07 Å². The Labute approximate surface area is 113 Å². The van der Waals surface area contributed by atoms with Crippen LogP contribution in [0, 0.1) is 0 Å². The summed E-state index contributed by atoms with van der Waals surface area (Å²) < 4.78 is 39.8. The van der Waals surface area contributed by atoms with Crippen molar-refractivity contribution in [2.24, 2.45) is 0 Å². The van der Waals surface area contributed by atoms with Crippen LogP contribution in [0.2, 0.25) is 0 Å². The van der Waals surface area contributed by atoms with Crippen molar-refractivity contribution in [3.05, 3.63) is 71.7 Å². The predicted molar refractivity (Wildman–Crippen MR) is 69.4 cm³/mol. The van der Waals surface area contributed by atoms with E-state index in [4.69, 9.17) is 0 Å². The second kappa shape index (κ2) is 4.67. The van der Waals surface area contributed by atoms with E-state index in [1.807, 2.05) is 35.0 Å². The van der Waals surface area contributed by atoms with E-state index >= 15 is 0 Å². The zero-order chi connectivity index (χ0) is 14.2. The maximum absolute atomic E-state index is 12.7. The van der Waals surface area contributed by atoms with Crippen LogP contribution in [0.1, 0.15) is 16.8 Å². The van der Waals surface area contributed by atoms with Gasteiger partial charge >= 0.3 is 6.18 Å². The molecule has 0 amide bonds. The lowest BCUT2D eigenvalue weighted by Gasteiger charge is -2.07. The Morgan fingerprint density at radius 2 is 1.90 bits per heavy atom. The van der Waals surface area contributed by atoms with Crippen LogP contribution in [0.25, 0.3) is 5.65 Å². The summed E-state index contributed by atoms with van der Waals surface area (Å²) in [6, 6.07) is 11.0. The Hall–Kier alpha value is -2.30. The second-order valence-corrected chi connectivity index (χ2v) is 4.57. The summed E-state index contributed by atoms with van der Waals surface area (Å²) in [5.74, 6) is 0. The molecule has 0 unspecified atom stereocenters. The van der Waals surface area contributed by atoms with Crippen LogP contribution in [0.3, 0.4) is 0 Å². The lowest BCUT2D eigenvalue weighted by Crippen LogP contribution is -2.05. The molecule has 2 heterocycles. The van der Waals surface area contributed by atoms with Crippen LogP contribution in [-0.4, -0.2) is 9.38 Å². The monoisotopic (exact) mass is 276 g/mol. The van der Waals surface area contributed by atoms with E-state index in [-0.39, 0.29) is 0 Å². The zero-order valence-corrected chi connectivity index (χ0v) is 10.4. The van der Waals surface area contributed by atoms with Crippen molar-refractivity contribution in [3.63, 3.8) is 0 Å². The van der Waals surface area contributed by atoms with Crippen molar-refractivity contribution >= 4 is 5.65 Å². The number of benzene rings is 1. The van der Waals surface area contributed by atoms with Gasteiger partial charge in [0.2, 0.25) is 0 Å². The first-order valence-corrected chi connectivity index (χ1v) is 6.11. The van der Waals surface area contributed by atoms with Gasteiger partial charge in [-0.3, -0.25) is 0 Å². The fourth-order valence-electron chi connectivity index (χ4n) is 2.14. The molecular formula is C15H11F3N2. The Balaban J connectivity index is 1.91. The highest BCUT2D eigenvalue weighted by Crippen LogP contribution is 2.29. The quantitative estimate of drug-likeness (QED) is 0.693. The predicted octanol–water partition coefficient (Wildman–Crippen LogP) is 3.94. The molecule has 20 heavy (non-hydrogen) atoms. The fraction of sp³-hybridized carbons (Fsp3) is 0.133. The van der Waals surface area contributed by atoms with Gasteiger partial charge in [-0.25, -0.2) is 4.98 Å². The largest absolute Gasteiger partial charge is 0.416 e. The molecule has 2 aromatic heterocycles. The number of aromatic nitrogens is 2. The summed E-state index contributed by atoms with van der Waals surface area (Å²) in [7, 11) is 0. The first kappa shape index (κ1) is 12.7. The lowest BCUT2D eigenvalue weighted by molar-refractivity contribution is -0.137. The topological polar surface area (TPSA) is 17.3 Å². The number of hydrogen-bond acceptors (Lipinski definition) is 1. The number of imidazole rings is 1. The maximum Gasteiger partial charge on any atom is 0.416 e. The summed E-state index contributed by atoms with van der Waals surface area (Å²) in [6.45, 7) is 0. The van der Waals surface area contributed by atoms with E-state index in [2.05, 4.69) is 4.98 Å². The van der Waals surface area contributed by atoms with E-state index in [0.717, 1.165) is 17.4 Å². The minimum absolute atomic E-state index is 0.381. The van der Waals surface area contributed by atoms with Gasteiger partial charge in [-0.2, -0.15) is 13.2 Å². The third-order valence-corrected chi connectivity index (χ3v) is 3.05. The highest BCUT2D eigenvalue weighted by molar-refractivity contribution is 5.40.